The molecule has 1 aromatic carbocycles. The van der Waals surface area contributed by atoms with Gasteiger partial charge >= 0.3 is 0 Å². The van der Waals surface area contributed by atoms with Gasteiger partial charge in [0.2, 0.25) is 0 Å². The molecule has 3 aromatic rings. The Balaban J connectivity index is 1.43. The summed E-state index contributed by atoms with van der Waals surface area (Å²) in [6, 6.07) is 11.8. The van der Waals surface area contributed by atoms with Gasteiger partial charge in [-0.25, -0.2) is 4.98 Å². The zero-order chi connectivity index (χ0) is 15.8. The third kappa shape index (κ3) is 2.54. The van der Waals surface area contributed by atoms with Crippen molar-refractivity contribution < 1.29 is 9.53 Å². The number of aromatic nitrogens is 2. The van der Waals surface area contributed by atoms with Crippen LogP contribution in [0, 0.1) is 6.92 Å². The fourth-order valence-corrected chi connectivity index (χ4v) is 2.91. The number of nitrogens with zero attached hydrogens (tertiary/aromatic N) is 2. The minimum Gasteiger partial charge on any atom is -0.480 e. The van der Waals surface area contributed by atoms with Gasteiger partial charge in [0.25, 0.3) is 5.91 Å². The van der Waals surface area contributed by atoms with E-state index in [2.05, 4.69) is 10.3 Å². The van der Waals surface area contributed by atoms with Crippen molar-refractivity contribution in [3.05, 3.63) is 65.6 Å². The van der Waals surface area contributed by atoms with Gasteiger partial charge in [-0.2, -0.15) is 0 Å². The fourth-order valence-electron chi connectivity index (χ4n) is 2.91. The van der Waals surface area contributed by atoms with Crippen molar-refractivity contribution in [3.63, 3.8) is 0 Å². The summed E-state index contributed by atoms with van der Waals surface area (Å²) in [5.74, 6) is 0.700. The van der Waals surface area contributed by atoms with Crippen LogP contribution in [0.15, 0.2) is 48.8 Å². The molecule has 1 atom stereocenters. The van der Waals surface area contributed by atoms with Crippen molar-refractivity contribution in [1.29, 1.82) is 0 Å². The topological polar surface area (TPSA) is 55.6 Å². The zero-order valence-corrected chi connectivity index (χ0v) is 12.8. The lowest BCUT2D eigenvalue weighted by Crippen LogP contribution is -2.37. The molecule has 1 N–H and O–H groups in total. The van der Waals surface area contributed by atoms with Crippen molar-refractivity contribution in [2.45, 2.75) is 26.0 Å². The number of carbonyl (C=O) groups excluding carboxylic acids is 1. The summed E-state index contributed by atoms with van der Waals surface area (Å²) in [6.07, 6.45) is 4.06. The summed E-state index contributed by atoms with van der Waals surface area (Å²) < 4.78 is 7.67. The van der Waals surface area contributed by atoms with Gasteiger partial charge in [0.15, 0.2) is 6.10 Å². The molecule has 0 bridgehead atoms. The number of benzene rings is 1. The first-order valence-electron chi connectivity index (χ1n) is 7.66. The van der Waals surface area contributed by atoms with E-state index in [1.807, 2.05) is 60.1 Å². The number of nitrogens with one attached hydrogen (secondary N) is 1. The first-order chi connectivity index (χ1) is 11.2. The lowest BCUT2D eigenvalue weighted by molar-refractivity contribution is -0.127. The predicted molar refractivity (Wildman–Crippen MR) is 86.3 cm³/mol. The van der Waals surface area contributed by atoms with Crippen LogP contribution in [0.25, 0.3) is 5.65 Å². The molecule has 0 unspecified atom stereocenters. The highest BCUT2D eigenvalue weighted by Crippen LogP contribution is 2.28. The van der Waals surface area contributed by atoms with E-state index in [9.17, 15) is 4.79 Å². The van der Waals surface area contributed by atoms with Gasteiger partial charge in [-0.05, 0) is 30.2 Å². The van der Waals surface area contributed by atoms with Crippen LogP contribution in [0.4, 0.5) is 0 Å². The highest BCUT2D eigenvalue weighted by molar-refractivity contribution is 5.82. The molecule has 0 saturated heterocycles. The molecule has 0 saturated carbocycles. The second kappa shape index (κ2) is 5.43. The van der Waals surface area contributed by atoms with E-state index >= 15 is 0 Å². The maximum Gasteiger partial charge on any atom is 0.261 e. The molecular weight excluding hydrogens is 290 g/mol. The van der Waals surface area contributed by atoms with Gasteiger partial charge < -0.3 is 14.5 Å². The number of fused-ring (bicyclic) bond motifs is 2. The number of ether oxygens (including phenoxy) is 1. The fraction of sp³-hybridized carbons (Fsp3) is 0.222. The van der Waals surface area contributed by atoms with Crippen molar-refractivity contribution in [2.75, 3.05) is 0 Å². The lowest BCUT2D eigenvalue weighted by atomic mass is 10.1. The summed E-state index contributed by atoms with van der Waals surface area (Å²) >= 11 is 0. The van der Waals surface area contributed by atoms with Gasteiger partial charge in [0.1, 0.15) is 11.4 Å². The molecule has 0 radical (unpaired) electrons. The predicted octanol–water partition coefficient (Wildman–Crippen LogP) is 2.26. The van der Waals surface area contributed by atoms with Gasteiger partial charge in [-0.3, -0.25) is 4.79 Å². The van der Waals surface area contributed by atoms with Crippen LogP contribution in [0.3, 0.4) is 0 Å². The number of hydrogen-bond donors (Lipinski definition) is 1. The number of rotatable bonds is 3. The molecule has 0 fully saturated rings. The first kappa shape index (κ1) is 13.8. The van der Waals surface area contributed by atoms with Crippen LogP contribution in [-0.2, 0) is 17.8 Å². The Morgan fingerprint density at radius 2 is 2.22 bits per heavy atom. The molecule has 5 nitrogen and oxygen atoms in total. The maximum absolute atomic E-state index is 12.3. The van der Waals surface area contributed by atoms with Crippen LogP contribution in [0.2, 0.25) is 0 Å². The molecule has 116 valence electrons. The smallest absolute Gasteiger partial charge is 0.261 e. The summed E-state index contributed by atoms with van der Waals surface area (Å²) in [6.45, 7) is 2.42. The minimum atomic E-state index is -0.453. The highest BCUT2D eigenvalue weighted by atomic mass is 16.5. The largest absolute Gasteiger partial charge is 0.480 e. The molecule has 4 rings (SSSR count). The Morgan fingerprint density at radius 1 is 1.35 bits per heavy atom. The van der Waals surface area contributed by atoms with E-state index in [-0.39, 0.29) is 5.91 Å². The second-order valence-corrected chi connectivity index (χ2v) is 5.79. The molecular formula is C18H17N3O2. The van der Waals surface area contributed by atoms with Crippen molar-refractivity contribution >= 4 is 11.6 Å². The maximum atomic E-state index is 12.3. The van der Waals surface area contributed by atoms with Crippen LogP contribution < -0.4 is 10.1 Å². The molecule has 2 aromatic heterocycles. The molecule has 23 heavy (non-hydrogen) atoms. The standard InChI is InChI=1S/C18H17N3O2/c1-12-5-4-8-21-11-14(20-17(12)21)10-19-18(22)16-9-13-6-2-3-7-15(13)23-16/h2-8,11,16H,9-10H2,1H3,(H,19,22)/t16-/m0/s1. The Kier molecular flexibility index (Phi) is 3.26. The number of pyridine rings is 1. The number of carbonyl (C=O) groups is 1. The number of aryl methyl sites for hydroxylation is 1. The van der Waals surface area contributed by atoms with E-state index < -0.39 is 6.10 Å². The highest BCUT2D eigenvalue weighted by Gasteiger charge is 2.28. The third-order valence-corrected chi connectivity index (χ3v) is 4.11. The van der Waals surface area contributed by atoms with Crippen LogP contribution >= 0.6 is 0 Å². The summed E-state index contributed by atoms with van der Waals surface area (Å²) in [4.78, 5) is 16.9. The SMILES string of the molecule is Cc1cccn2cc(CNC(=O)[C@@H]3Cc4ccccc4O3)nc12. The van der Waals surface area contributed by atoms with Gasteiger partial charge in [0, 0.05) is 18.8 Å². The van der Waals surface area contributed by atoms with E-state index in [0.29, 0.717) is 13.0 Å². The van der Waals surface area contributed by atoms with Gasteiger partial charge in [0.05, 0.1) is 12.2 Å². The zero-order valence-electron chi connectivity index (χ0n) is 12.8. The Morgan fingerprint density at radius 3 is 3.04 bits per heavy atom. The Hall–Kier alpha value is -2.82. The minimum absolute atomic E-state index is 0.102. The van der Waals surface area contributed by atoms with E-state index in [1.54, 1.807) is 0 Å². The van der Waals surface area contributed by atoms with Crippen LogP contribution in [0.1, 0.15) is 16.8 Å². The summed E-state index contributed by atoms with van der Waals surface area (Å²) in [7, 11) is 0. The Bertz CT molecular complexity index is 860. The molecule has 1 aliphatic heterocycles. The van der Waals surface area contributed by atoms with E-state index in [1.165, 1.54) is 0 Å². The number of hydrogen-bond acceptors (Lipinski definition) is 3. The normalized spacial score (nSPS) is 16.1. The molecule has 1 aliphatic rings. The van der Waals surface area contributed by atoms with Crippen molar-refractivity contribution in [3.8, 4) is 5.75 Å². The average molecular weight is 307 g/mol. The van der Waals surface area contributed by atoms with E-state index in [0.717, 1.165) is 28.2 Å². The second-order valence-electron chi connectivity index (χ2n) is 5.79. The van der Waals surface area contributed by atoms with Crippen LogP contribution in [-0.4, -0.2) is 21.4 Å². The average Bonchev–Trinajstić information content (AvgIpc) is 3.17. The molecule has 1 amide bonds. The number of para-hydroxylation sites is 1. The Labute approximate surface area is 133 Å². The molecule has 0 spiro atoms. The van der Waals surface area contributed by atoms with Crippen molar-refractivity contribution in [2.24, 2.45) is 0 Å². The van der Waals surface area contributed by atoms with Gasteiger partial charge in [-0.1, -0.05) is 24.3 Å². The van der Waals surface area contributed by atoms with Crippen LogP contribution in [0.5, 0.6) is 5.75 Å². The lowest BCUT2D eigenvalue weighted by Gasteiger charge is -2.10. The molecule has 3 heterocycles. The monoisotopic (exact) mass is 307 g/mol. The van der Waals surface area contributed by atoms with Gasteiger partial charge in [-0.15, -0.1) is 0 Å². The number of amides is 1. The number of imidazole rings is 1. The quantitative estimate of drug-likeness (QED) is 0.807. The molecule has 5 heteroatoms. The van der Waals surface area contributed by atoms with Crippen molar-refractivity contribution in [1.82, 2.24) is 14.7 Å². The summed E-state index contributed by atoms with van der Waals surface area (Å²) in [5, 5.41) is 2.92. The molecule has 0 aliphatic carbocycles. The summed E-state index contributed by atoms with van der Waals surface area (Å²) in [5.41, 5.74) is 3.94. The first-order valence-corrected chi connectivity index (χ1v) is 7.66. The third-order valence-electron chi connectivity index (χ3n) is 4.11. The van der Waals surface area contributed by atoms with E-state index in [4.69, 9.17) is 4.74 Å².